The molecule has 8 rings (SSSR count). The van der Waals surface area contributed by atoms with Crippen LogP contribution in [-0.2, 0) is 14.8 Å². The number of fused-ring (bicyclic) bond motifs is 1. The highest BCUT2D eigenvalue weighted by Crippen LogP contribution is 2.43. The Hall–Kier alpha value is -4.81. The third-order valence-corrected chi connectivity index (χ3v) is 13.1. The number of aromatic nitrogens is 1. The van der Waals surface area contributed by atoms with Gasteiger partial charge in [-0.2, -0.15) is 0 Å². The zero-order valence-electron chi connectivity index (χ0n) is 32.8. The number of rotatable bonds is 10. The first kappa shape index (κ1) is 39.0. The Balaban J connectivity index is 1.01. The Kier molecular flexibility index (Phi) is 11.1. The van der Waals surface area contributed by atoms with Crippen molar-refractivity contribution >= 4 is 55.4 Å². The summed E-state index contributed by atoms with van der Waals surface area (Å²) in [6.07, 6.45) is 5.16. The smallest absolute Gasteiger partial charge is 0.268 e. The van der Waals surface area contributed by atoms with Crippen molar-refractivity contribution in [3.63, 3.8) is 0 Å². The average molecular weight is 808 g/mol. The van der Waals surface area contributed by atoms with E-state index in [1.807, 2.05) is 61.7 Å². The van der Waals surface area contributed by atoms with E-state index in [1.165, 1.54) is 23.1 Å². The molecular formula is C45H50ClN5O5S. The number of piperazine rings is 1. The van der Waals surface area contributed by atoms with E-state index in [0.29, 0.717) is 19.0 Å². The molecule has 2 fully saturated rings. The van der Waals surface area contributed by atoms with Crippen LogP contribution in [-0.4, -0.2) is 83.2 Å². The standard InChI is InChI=1S/C45H50ClN5O5S/c1-31-26-38(10-13-42(31)51-22-24-55-25-23-51)57(53,54)48-44(52)39-11-8-36(28-43(39)56-37-9-12-41-33(27-37)15-17-47-41)50-20-18-49(19-21-50)30-34-14-16-45(2,3)29-40(34)32-4-6-35(46)7-5-32/h4-13,15,17,26-28,47H,14,16,18-25,29-30H2,1-3H3,(H,48,52). The number of benzene rings is 4. The predicted molar refractivity (Wildman–Crippen MR) is 228 cm³/mol. The van der Waals surface area contributed by atoms with Crippen LogP contribution in [0.4, 0.5) is 11.4 Å². The van der Waals surface area contributed by atoms with E-state index in [0.717, 1.165) is 91.5 Å². The lowest BCUT2D eigenvalue weighted by atomic mass is 9.72. The van der Waals surface area contributed by atoms with Crippen molar-refractivity contribution in [1.29, 1.82) is 0 Å². The second-order valence-electron chi connectivity index (χ2n) is 16.2. The lowest BCUT2D eigenvalue weighted by Crippen LogP contribution is -2.47. The summed E-state index contributed by atoms with van der Waals surface area (Å²) in [4.78, 5) is 24.1. The summed E-state index contributed by atoms with van der Waals surface area (Å²) >= 11 is 6.25. The van der Waals surface area contributed by atoms with E-state index >= 15 is 0 Å². The molecule has 0 spiro atoms. The molecular weight excluding hydrogens is 758 g/mol. The largest absolute Gasteiger partial charge is 0.456 e. The number of sulfonamides is 1. The van der Waals surface area contributed by atoms with Gasteiger partial charge in [-0.25, -0.2) is 13.1 Å². The molecule has 2 saturated heterocycles. The molecule has 3 aliphatic rings. The van der Waals surface area contributed by atoms with Gasteiger partial charge in [0.1, 0.15) is 11.5 Å². The number of halogens is 1. The van der Waals surface area contributed by atoms with Gasteiger partial charge in [0.15, 0.2) is 0 Å². The average Bonchev–Trinajstić information content (AvgIpc) is 3.67. The van der Waals surface area contributed by atoms with Crippen molar-refractivity contribution in [3.05, 3.63) is 118 Å². The number of hydrogen-bond donors (Lipinski definition) is 2. The maximum atomic E-state index is 13.9. The molecule has 0 bridgehead atoms. The van der Waals surface area contributed by atoms with Crippen LogP contribution in [0.2, 0.25) is 5.02 Å². The monoisotopic (exact) mass is 807 g/mol. The van der Waals surface area contributed by atoms with Crippen LogP contribution in [0, 0.1) is 12.3 Å². The molecule has 10 nitrogen and oxygen atoms in total. The number of nitrogens with zero attached hydrogens (tertiary/aromatic N) is 3. The summed E-state index contributed by atoms with van der Waals surface area (Å²) in [7, 11) is -4.20. The number of aromatic amines is 1. The number of carbonyl (C=O) groups excluding carboxylic acids is 1. The van der Waals surface area contributed by atoms with Gasteiger partial charge in [-0.1, -0.05) is 43.2 Å². The van der Waals surface area contributed by atoms with Gasteiger partial charge in [0.2, 0.25) is 0 Å². The Labute approximate surface area is 340 Å². The molecule has 5 aromatic rings. The zero-order valence-corrected chi connectivity index (χ0v) is 34.4. The minimum absolute atomic E-state index is 0.0215. The first-order valence-electron chi connectivity index (χ1n) is 19.7. The van der Waals surface area contributed by atoms with Crippen LogP contribution in [0.25, 0.3) is 16.5 Å². The molecule has 0 atom stereocenters. The lowest BCUT2D eigenvalue weighted by Gasteiger charge is -2.39. The summed E-state index contributed by atoms with van der Waals surface area (Å²) in [6, 6.07) is 26.2. The summed E-state index contributed by atoms with van der Waals surface area (Å²) in [5, 5.41) is 1.71. The molecule has 57 heavy (non-hydrogen) atoms. The van der Waals surface area contributed by atoms with Crippen molar-refractivity contribution < 1.29 is 22.7 Å². The van der Waals surface area contributed by atoms with Gasteiger partial charge in [0.05, 0.1) is 23.7 Å². The Morgan fingerprint density at radius 3 is 2.42 bits per heavy atom. The van der Waals surface area contributed by atoms with E-state index in [1.54, 1.807) is 24.3 Å². The van der Waals surface area contributed by atoms with Crippen LogP contribution in [0.3, 0.4) is 0 Å². The van der Waals surface area contributed by atoms with E-state index in [-0.39, 0.29) is 21.6 Å². The minimum atomic E-state index is -4.20. The van der Waals surface area contributed by atoms with Crippen molar-refractivity contribution in [2.24, 2.45) is 5.41 Å². The van der Waals surface area contributed by atoms with Crippen molar-refractivity contribution in [3.8, 4) is 11.5 Å². The summed E-state index contributed by atoms with van der Waals surface area (Å²) in [5.41, 5.74) is 8.22. The molecule has 0 saturated carbocycles. The molecule has 1 aromatic heterocycles. The van der Waals surface area contributed by atoms with Gasteiger partial charge in [-0.15, -0.1) is 0 Å². The maximum Gasteiger partial charge on any atom is 0.268 e. The molecule has 4 aromatic carbocycles. The van der Waals surface area contributed by atoms with Crippen molar-refractivity contribution in [1.82, 2.24) is 14.6 Å². The van der Waals surface area contributed by atoms with Crippen LogP contribution in [0.15, 0.2) is 102 Å². The van der Waals surface area contributed by atoms with Crippen molar-refractivity contribution in [2.45, 2.75) is 44.9 Å². The molecule has 298 valence electrons. The van der Waals surface area contributed by atoms with Gasteiger partial charge >= 0.3 is 0 Å². The number of anilines is 2. The fourth-order valence-electron chi connectivity index (χ4n) is 8.29. The number of hydrogen-bond acceptors (Lipinski definition) is 8. The number of aryl methyl sites for hydroxylation is 1. The van der Waals surface area contributed by atoms with Crippen LogP contribution in [0.5, 0.6) is 11.5 Å². The lowest BCUT2D eigenvalue weighted by molar-refractivity contribution is 0.0979. The number of nitrogens with one attached hydrogen (secondary N) is 2. The Morgan fingerprint density at radius 1 is 0.895 bits per heavy atom. The van der Waals surface area contributed by atoms with Gasteiger partial charge in [-0.3, -0.25) is 9.69 Å². The van der Waals surface area contributed by atoms with Gasteiger partial charge in [0, 0.05) is 85.4 Å². The normalized spacial score (nSPS) is 17.9. The first-order chi connectivity index (χ1) is 27.4. The third-order valence-electron chi connectivity index (χ3n) is 11.6. The van der Waals surface area contributed by atoms with E-state index in [9.17, 15) is 13.2 Å². The van der Waals surface area contributed by atoms with E-state index < -0.39 is 15.9 Å². The third kappa shape index (κ3) is 8.87. The molecule has 0 radical (unpaired) electrons. The highest BCUT2D eigenvalue weighted by atomic mass is 35.5. The van der Waals surface area contributed by atoms with Crippen molar-refractivity contribution in [2.75, 3.05) is 68.8 Å². The summed E-state index contributed by atoms with van der Waals surface area (Å²) < 4.78 is 41.5. The summed E-state index contributed by atoms with van der Waals surface area (Å²) in [6.45, 7) is 13.6. The quantitative estimate of drug-likeness (QED) is 0.145. The Bertz CT molecular complexity index is 2410. The van der Waals surface area contributed by atoms with E-state index in [2.05, 4.69) is 50.4 Å². The number of ether oxygens (including phenoxy) is 2. The predicted octanol–water partition coefficient (Wildman–Crippen LogP) is 8.66. The molecule has 1 amide bonds. The highest BCUT2D eigenvalue weighted by molar-refractivity contribution is 7.90. The fourth-order valence-corrected chi connectivity index (χ4v) is 9.47. The molecule has 12 heteroatoms. The zero-order chi connectivity index (χ0) is 39.7. The number of allylic oxidation sites excluding steroid dienone is 1. The minimum Gasteiger partial charge on any atom is -0.456 e. The van der Waals surface area contributed by atoms with Gasteiger partial charge in [-0.05, 0) is 115 Å². The van der Waals surface area contributed by atoms with Gasteiger partial charge in [0.25, 0.3) is 15.9 Å². The number of carbonyl (C=O) groups is 1. The first-order valence-corrected chi connectivity index (χ1v) is 21.6. The number of morpholine rings is 1. The maximum absolute atomic E-state index is 13.9. The van der Waals surface area contributed by atoms with Crippen LogP contribution < -0.4 is 19.3 Å². The van der Waals surface area contributed by atoms with E-state index in [4.69, 9.17) is 21.1 Å². The second-order valence-corrected chi connectivity index (χ2v) is 18.3. The Morgan fingerprint density at radius 2 is 1.67 bits per heavy atom. The van der Waals surface area contributed by atoms with Crippen LogP contribution >= 0.6 is 11.6 Å². The SMILES string of the molecule is Cc1cc(S(=O)(=O)NC(=O)c2ccc(N3CCN(CC4=C(c5ccc(Cl)cc5)CC(C)(C)CC4)CC3)cc2Oc2ccc3[nH]ccc3c2)ccc1N1CCOCC1. The topological polar surface area (TPSA) is 107 Å². The summed E-state index contributed by atoms with van der Waals surface area (Å²) in [5.74, 6) is 0.0501. The second kappa shape index (κ2) is 16.2. The number of H-pyrrole nitrogens is 1. The molecule has 3 heterocycles. The molecule has 2 N–H and O–H groups in total. The fraction of sp³-hybridized carbons (Fsp3) is 0.356. The van der Waals surface area contributed by atoms with Gasteiger partial charge < -0.3 is 24.3 Å². The number of amides is 1. The van der Waals surface area contributed by atoms with Crippen LogP contribution in [0.1, 0.15) is 54.6 Å². The molecule has 0 unspecified atom stereocenters. The molecule has 1 aliphatic carbocycles. The molecule has 2 aliphatic heterocycles. The highest BCUT2D eigenvalue weighted by Gasteiger charge is 2.30.